The first-order valence-corrected chi connectivity index (χ1v) is 9.49. The van der Waals surface area contributed by atoms with Crippen molar-refractivity contribution < 1.29 is 32.2 Å². The fourth-order valence-corrected chi connectivity index (χ4v) is 3.39. The number of nitrogens with zero attached hydrogens (tertiary/aromatic N) is 2. The molecule has 2 aromatic carbocycles. The number of ether oxygens (including phenoxy) is 2. The Morgan fingerprint density at radius 3 is 2.20 bits per heavy atom. The lowest BCUT2D eigenvalue weighted by molar-refractivity contribution is -0.137. The van der Waals surface area contributed by atoms with Crippen molar-refractivity contribution >= 4 is 34.5 Å². The van der Waals surface area contributed by atoms with Crippen LogP contribution < -0.4 is 0 Å². The first-order chi connectivity index (χ1) is 14.2. The highest BCUT2D eigenvalue weighted by molar-refractivity contribution is 14.1. The van der Waals surface area contributed by atoms with Crippen molar-refractivity contribution in [3.05, 3.63) is 68.9 Å². The molecule has 3 rings (SSSR count). The number of carbonyl (C=O) groups excluding carboxylic acids is 2. The molecule has 1 aromatic heterocycles. The molecule has 6 nitrogen and oxygen atoms in total. The molecule has 10 heteroatoms. The molecule has 1 heterocycles. The quantitative estimate of drug-likeness (QED) is 0.360. The van der Waals surface area contributed by atoms with E-state index in [0.717, 1.165) is 25.0 Å². The van der Waals surface area contributed by atoms with Gasteiger partial charge >= 0.3 is 18.1 Å². The number of methoxy groups -OCH3 is 2. The van der Waals surface area contributed by atoms with Crippen LogP contribution in [0.2, 0.25) is 0 Å². The van der Waals surface area contributed by atoms with Crippen LogP contribution in [0.1, 0.15) is 26.4 Å². The van der Waals surface area contributed by atoms with Gasteiger partial charge in [-0.05, 0) is 46.9 Å². The van der Waals surface area contributed by atoms with E-state index in [1.54, 1.807) is 52.9 Å². The van der Waals surface area contributed by atoms with Crippen LogP contribution in [0.4, 0.5) is 13.2 Å². The number of rotatable bonds is 4. The number of esters is 2. The van der Waals surface area contributed by atoms with E-state index in [1.165, 1.54) is 12.1 Å². The van der Waals surface area contributed by atoms with Gasteiger partial charge in [-0.25, -0.2) is 14.3 Å². The molecule has 0 spiro atoms. The van der Waals surface area contributed by atoms with Gasteiger partial charge in [0.05, 0.1) is 25.5 Å². The van der Waals surface area contributed by atoms with Gasteiger partial charge in [0, 0.05) is 9.13 Å². The summed E-state index contributed by atoms with van der Waals surface area (Å²) in [6, 6.07) is 11.8. The van der Waals surface area contributed by atoms with Crippen LogP contribution in [0, 0.1) is 3.57 Å². The smallest absolute Gasteiger partial charge is 0.417 e. The Morgan fingerprint density at radius 1 is 1.00 bits per heavy atom. The summed E-state index contributed by atoms with van der Waals surface area (Å²) >= 11 is 1.76. The summed E-state index contributed by atoms with van der Waals surface area (Å²) < 4.78 is 52.2. The number of benzene rings is 2. The Hall–Kier alpha value is -2.89. The largest absolute Gasteiger partial charge is 0.465 e. The molecule has 0 saturated heterocycles. The molecular weight excluding hydrogens is 516 g/mol. The molecular formula is C20H14F3IN2O4. The zero-order valence-corrected chi connectivity index (χ0v) is 17.8. The molecule has 0 saturated carbocycles. The lowest BCUT2D eigenvalue weighted by Crippen LogP contribution is -2.15. The molecule has 3 aromatic rings. The van der Waals surface area contributed by atoms with E-state index in [4.69, 9.17) is 9.47 Å². The summed E-state index contributed by atoms with van der Waals surface area (Å²) in [4.78, 5) is 25.1. The molecule has 0 atom stereocenters. The third-order valence-corrected chi connectivity index (χ3v) is 4.87. The van der Waals surface area contributed by atoms with Crippen molar-refractivity contribution in [2.75, 3.05) is 14.2 Å². The molecule has 0 aliphatic heterocycles. The number of carbonyl (C=O) groups is 2. The van der Waals surface area contributed by atoms with E-state index in [2.05, 4.69) is 5.10 Å². The van der Waals surface area contributed by atoms with Gasteiger partial charge < -0.3 is 9.47 Å². The van der Waals surface area contributed by atoms with Crippen molar-refractivity contribution in [2.24, 2.45) is 0 Å². The Bertz CT molecular complexity index is 1110. The van der Waals surface area contributed by atoms with Crippen LogP contribution in [0.15, 0.2) is 48.5 Å². The lowest BCUT2D eigenvalue weighted by Gasteiger charge is -2.13. The van der Waals surface area contributed by atoms with Gasteiger partial charge in [-0.2, -0.15) is 18.3 Å². The first kappa shape index (κ1) is 21.8. The third-order valence-electron chi connectivity index (χ3n) is 4.20. The fourth-order valence-electron chi connectivity index (χ4n) is 2.90. The summed E-state index contributed by atoms with van der Waals surface area (Å²) in [5, 5.41) is 4.21. The van der Waals surface area contributed by atoms with Crippen LogP contribution in [0.5, 0.6) is 0 Å². The Balaban J connectivity index is 2.44. The summed E-state index contributed by atoms with van der Waals surface area (Å²) in [5.74, 6) is -1.96. The van der Waals surface area contributed by atoms with Gasteiger partial charge in [0.2, 0.25) is 0 Å². The second kappa shape index (κ2) is 8.46. The van der Waals surface area contributed by atoms with E-state index in [0.29, 0.717) is 9.26 Å². The number of hydrogen-bond donors (Lipinski definition) is 0. The zero-order chi connectivity index (χ0) is 22.1. The Labute approximate surface area is 182 Å². The molecule has 0 fully saturated rings. The van der Waals surface area contributed by atoms with Crippen LogP contribution >= 0.6 is 22.6 Å². The second-order valence-corrected chi connectivity index (χ2v) is 7.24. The SMILES string of the molecule is COC(=O)c1c(-c2ccc(I)cc2C(F)(F)F)nn(-c2ccccc2)c1C(=O)OC. The van der Waals surface area contributed by atoms with E-state index in [-0.39, 0.29) is 17.0 Å². The number of para-hydroxylation sites is 1. The molecule has 0 unspecified atom stereocenters. The third kappa shape index (κ3) is 4.04. The Kier molecular flexibility index (Phi) is 6.15. The molecule has 30 heavy (non-hydrogen) atoms. The van der Waals surface area contributed by atoms with E-state index < -0.39 is 29.2 Å². The minimum atomic E-state index is -4.72. The standard InChI is InChI=1S/C20H14F3IN2O4/c1-29-18(27)15-16(13-9-8-11(24)10-14(13)20(21,22)23)25-26(17(15)19(28)30-2)12-6-4-3-5-7-12/h3-10H,1-2H3. The molecule has 0 bridgehead atoms. The van der Waals surface area contributed by atoms with Crippen molar-refractivity contribution in [3.8, 4) is 16.9 Å². The maximum atomic E-state index is 13.7. The van der Waals surface area contributed by atoms with Gasteiger partial charge in [0.25, 0.3) is 0 Å². The summed E-state index contributed by atoms with van der Waals surface area (Å²) in [6.45, 7) is 0. The molecule has 156 valence electrons. The van der Waals surface area contributed by atoms with Crippen LogP contribution in [-0.2, 0) is 15.7 Å². The van der Waals surface area contributed by atoms with E-state index in [1.807, 2.05) is 0 Å². The first-order valence-electron chi connectivity index (χ1n) is 8.41. The average Bonchev–Trinajstić information content (AvgIpc) is 3.13. The summed E-state index contributed by atoms with van der Waals surface area (Å²) in [5.41, 5.74) is -2.09. The highest BCUT2D eigenvalue weighted by Crippen LogP contribution is 2.40. The van der Waals surface area contributed by atoms with Crippen molar-refractivity contribution in [3.63, 3.8) is 0 Å². The van der Waals surface area contributed by atoms with Crippen LogP contribution in [0.25, 0.3) is 16.9 Å². The van der Waals surface area contributed by atoms with Crippen LogP contribution in [0.3, 0.4) is 0 Å². The monoisotopic (exact) mass is 530 g/mol. The van der Waals surface area contributed by atoms with Crippen LogP contribution in [-0.4, -0.2) is 35.9 Å². The van der Waals surface area contributed by atoms with Crippen molar-refractivity contribution in [1.29, 1.82) is 0 Å². The summed E-state index contributed by atoms with van der Waals surface area (Å²) in [7, 11) is 2.16. The zero-order valence-electron chi connectivity index (χ0n) is 15.7. The molecule has 0 aliphatic rings. The maximum Gasteiger partial charge on any atom is 0.417 e. The molecule has 0 N–H and O–H groups in total. The number of alkyl halides is 3. The van der Waals surface area contributed by atoms with Crippen molar-refractivity contribution in [2.45, 2.75) is 6.18 Å². The minimum absolute atomic E-state index is 0.336. The lowest BCUT2D eigenvalue weighted by atomic mass is 10.00. The number of halogens is 4. The van der Waals surface area contributed by atoms with E-state index >= 15 is 0 Å². The Morgan fingerprint density at radius 2 is 1.63 bits per heavy atom. The molecule has 0 aliphatic carbocycles. The van der Waals surface area contributed by atoms with E-state index in [9.17, 15) is 22.8 Å². The topological polar surface area (TPSA) is 70.4 Å². The normalized spacial score (nSPS) is 11.3. The maximum absolute atomic E-state index is 13.7. The highest BCUT2D eigenvalue weighted by Gasteiger charge is 2.38. The van der Waals surface area contributed by atoms with Gasteiger partial charge in [-0.15, -0.1) is 0 Å². The predicted molar refractivity (Wildman–Crippen MR) is 109 cm³/mol. The molecule has 0 amide bonds. The summed E-state index contributed by atoms with van der Waals surface area (Å²) in [6.07, 6.45) is -4.72. The average molecular weight is 530 g/mol. The number of hydrogen-bond acceptors (Lipinski definition) is 5. The van der Waals surface area contributed by atoms with Gasteiger partial charge in [-0.1, -0.05) is 24.3 Å². The molecule has 0 radical (unpaired) electrons. The second-order valence-electron chi connectivity index (χ2n) is 5.99. The fraction of sp³-hybridized carbons (Fsp3) is 0.150. The van der Waals surface area contributed by atoms with Gasteiger partial charge in [0.1, 0.15) is 11.3 Å². The van der Waals surface area contributed by atoms with Gasteiger partial charge in [0.15, 0.2) is 5.69 Å². The minimum Gasteiger partial charge on any atom is -0.465 e. The number of aromatic nitrogens is 2. The highest BCUT2D eigenvalue weighted by atomic mass is 127. The predicted octanol–water partition coefficient (Wildman–Crippen LogP) is 4.74. The van der Waals surface area contributed by atoms with Crippen molar-refractivity contribution in [1.82, 2.24) is 9.78 Å². The van der Waals surface area contributed by atoms with Gasteiger partial charge in [-0.3, -0.25) is 0 Å².